The molecule has 204 valence electrons. The fourth-order valence-corrected chi connectivity index (χ4v) is 4.97. The van der Waals surface area contributed by atoms with Crippen molar-refractivity contribution in [2.24, 2.45) is 0 Å². The first kappa shape index (κ1) is 26.9. The Morgan fingerprint density at radius 1 is 1.13 bits per heavy atom. The number of ether oxygens (including phenoxy) is 1. The molecule has 1 amide bonds. The molecule has 0 bridgehead atoms. The second-order valence-corrected chi connectivity index (χ2v) is 9.93. The molecule has 1 saturated carbocycles. The quantitative estimate of drug-likeness (QED) is 0.244. The van der Waals surface area contributed by atoms with Gasteiger partial charge in [0.2, 0.25) is 11.9 Å². The van der Waals surface area contributed by atoms with Crippen LogP contribution in [0.25, 0.3) is 10.9 Å². The number of carbonyl (C=O) groups is 2. The molecule has 12 heteroatoms. The van der Waals surface area contributed by atoms with Gasteiger partial charge in [-0.2, -0.15) is 0 Å². The molecule has 1 aliphatic heterocycles. The van der Waals surface area contributed by atoms with E-state index >= 15 is 0 Å². The standard InChI is InChI=1S/C27H31BN4O7/c33-18-8-10-19(11-9-18)38-22-4-1-3-16-14-30-27(32-26(16)22)31-17-7-12-20-21(13-17)28(37)39-23(20)15-29-24(34)5-2-6-25(35)36/h1,3-4,7,12-14,18-19,23,33,37H,2,5-6,8-11,15H2,(H,29,34)(H,35,36)(H,30,31,32). The fourth-order valence-electron chi connectivity index (χ4n) is 4.97. The summed E-state index contributed by atoms with van der Waals surface area (Å²) in [4.78, 5) is 31.7. The molecule has 1 aromatic heterocycles. The van der Waals surface area contributed by atoms with Gasteiger partial charge >= 0.3 is 13.1 Å². The van der Waals surface area contributed by atoms with Crippen LogP contribution in [0.3, 0.4) is 0 Å². The minimum Gasteiger partial charge on any atom is -0.488 e. The van der Waals surface area contributed by atoms with Gasteiger partial charge in [0, 0.05) is 36.7 Å². The van der Waals surface area contributed by atoms with Crippen molar-refractivity contribution < 1.29 is 34.2 Å². The lowest BCUT2D eigenvalue weighted by Crippen LogP contribution is -2.29. The van der Waals surface area contributed by atoms with Crippen molar-refractivity contribution in [1.82, 2.24) is 15.3 Å². The van der Waals surface area contributed by atoms with Gasteiger partial charge < -0.3 is 35.3 Å². The Hall–Kier alpha value is -3.74. The monoisotopic (exact) mass is 534 g/mol. The molecule has 2 aliphatic rings. The molecule has 3 aromatic rings. The Morgan fingerprint density at radius 3 is 2.74 bits per heavy atom. The number of amides is 1. The lowest BCUT2D eigenvalue weighted by molar-refractivity contribution is -0.137. The molecule has 0 radical (unpaired) electrons. The molecule has 0 saturated heterocycles. The maximum absolute atomic E-state index is 12.0. The lowest BCUT2D eigenvalue weighted by Gasteiger charge is -2.26. The molecular weight excluding hydrogens is 503 g/mol. The fraction of sp³-hybridized carbons (Fsp3) is 0.407. The zero-order valence-corrected chi connectivity index (χ0v) is 21.4. The largest absolute Gasteiger partial charge is 0.492 e. The molecular formula is C27H31BN4O7. The number of carbonyl (C=O) groups excluding carboxylic acids is 1. The smallest absolute Gasteiger partial charge is 0.488 e. The summed E-state index contributed by atoms with van der Waals surface area (Å²) >= 11 is 0. The summed E-state index contributed by atoms with van der Waals surface area (Å²) in [6.45, 7) is 0.166. The number of aliphatic hydroxyl groups is 1. The number of para-hydroxylation sites is 1. The highest BCUT2D eigenvalue weighted by Gasteiger charge is 2.35. The van der Waals surface area contributed by atoms with Gasteiger partial charge in [-0.25, -0.2) is 9.97 Å². The normalized spacial score (nSPS) is 20.5. The number of aliphatic carboxylic acids is 1. The Bertz CT molecular complexity index is 1350. The molecule has 2 aromatic carbocycles. The van der Waals surface area contributed by atoms with Crippen LogP contribution in [-0.4, -0.2) is 63.0 Å². The molecule has 1 aliphatic carbocycles. The van der Waals surface area contributed by atoms with Gasteiger partial charge in [0.1, 0.15) is 11.3 Å². The average molecular weight is 534 g/mol. The highest BCUT2D eigenvalue weighted by atomic mass is 16.5. The van der Waals surface area contributed by atoms with Crippen molar-refractivity contribution in [3.8, 4) is 5.75 Å². The van der Waals surface area contributed by atoms with Crippen LogP contribution in [0.2, 0.25) is 0 Å². The lowest BCUT2D eigenvalue weighted by atomic mass is 9.79. The summed E-state index contributed by atoms with van der Waals surface area (Å²) in [7, 11) is -1.15. The third-order valence-electron chi connectivity index (χ3n) is 7.04. The number of hydrogen-bond donors (Lipinski definition) is 5. The van der Waals surface area contributed by atoms with Crippen molar-refractivity contribution in [3.63, 3.8) is 0 Å². The van der Waals surface area contributed by atoms with Crippen LogP contribution in [0.5, 0.6) is 5.75 Å². The minimum atomic E-state index is -1.15. The van der Waals surface area contributed by atoms with Crippen molar-refractivity contribution >= 4 is 47.0 Å². The van der Waals surface area contributed by atoms with Crippen molar-refractivity contribution in [3.05, 3.63) is 48.2 Å². The van der Waals surface area contributed by atoms with Crippen LogP contribution in [0.15, 0.2) is 42.6 Å². The highest BCUT2D eigenvalue weighted by molar-refractivity contribution is 6.62. The number of nitrogens with one attached hydrogen (secondary N) is 2. The predicted octanol–water partition coefficient (Wildman–Crippen LogP) is 2.19. The maximum Gasteiger partial charge on any atom is 0.492 e. The second-order valence-electron chi connectivity index (χ2n) is 9.93. The first-order valence-electron chi connectivity index (χ1n) is 13.2. The Kier molecular flexibility index (Phi) is 8.25. The number of nitrogens with zero attached hydrogens (tertiary/aromatic N) is 2. The van der Waals surface area contributed by atoms with E-state index in [0.717, 1.165) is 36.6 Å². The van der Waals surface area contributed by atoms with E-state index in [4.69, 9.17) is 14.5 Å². The summed E-state index contributed by atoms with van der Waals surface area (Å²) in [6.07, 6.45) is 4.33. The first-order chi connectivity index (χ1) is 18.9. The number of rotatable bonds is 10. The zero-order valence-electron chi connectivity index (χ0n) is 21.4. The molecule has 11 nitrogen and oxygen atoms in total. The Balaban J connectivity index is 1.25. The van der Waals surface area contributed by atoms with E-state index in [-0.39, 0.29) is 43.9 Å². The molecule has 5 rings (SSSR count). The Morgan fingerprint density at radius 2 is 1.95 bits per heavy atom. The topological polar surface area (TPSA) is 163 Å². The second kappa shape index (κ2) is 12.0. The van der Waals surface area contributed by atoms with Crippen LogP contribution in [0.4, 0.5) is 11.6 Å². The van der Waals surface area contributed by atoms with Crippen LogP contribution < -0.4 is 20.8 Å². The minimum absolute atomic E-state index is 0.0334. The van der Waals surface area contributed by atoms with Crippen molar-refractivity contribution in [2.45, 2.75) is 63.3 Å². The molecule has 1 fully saturated rings. The van der Waals surface area contributed by atoms with E-state index in [0.29, 0.717) is 28.4 Å². The average Bonchev–Trinajstić information content (AvgIpc) is 3.23. The summed E-state index contributed by atoms with van der Waals surface area (Å²) in [6, 6.07) is 11.1. The van der Waals surface area contributed by atoms with Gasteiger partial charge in [-0.3, -0.25) is 9.59 Å². The van der Waals surface area contributed by atoms with Gasteiger partial charge in [-0.15, -0.1) is 0 Å². The molecule has 0 spiro atoms. The van der Waals surface area contributed by atoms with Crippen LogP contribution in [0.1, 0.15) is 56.6 Å². The third-order valence-corrected chi connectivity index (χ3v) is 7.04. The maximum atomic E-state index is 12.0. The van der Waals surface area contributed by atoms with Gasteiger partial charge in [0.25, 0.3) is 0 Å². The summed E-state index contributed by atoms with van der Waals surface area (Å²) in [5.74, 6) is -0.160. The number of aromatic nitrogens is 2. The van der Waals surface area contributed by atoms with Crippen LogP contribution >= 0.6 is 0 Å². The molecule has 1 unspecified atom stereocenters. The van der Waals surface area contributed by atoms with E-state index < -0.39 is 19.2 Å². The SMILES string of the molecule is O=C(O)CCCC(=O)NCC1OB(O)c2cc(Nc3ncc4cccc(OC5CCC(O)CC5)c4n3)ccc21. The van der Waals surface area contributed by atoms with Crippen molar-refractivity contribution in [1.29, 1.82) is 0 Å². The predicted molar refractivity (Wildman–Crippen MR) is 144 cm³/mol. The number of benzene rings is 2. The zero-order chi connectivity index (χ0) is 27.4. The van der Waals surface area contributed by atoms with E-state index in [1.807, 2.05) is 30.3 Å². The van der Waals surface area contributed by atoms with E-state index in [1.165, 1.54) is 0 Å². The molecule has 39 heavy (non-hydrogen) atoms. The van der Waals surface area contributed by atoms with Gasteiger partial charge in [0.15, 0.2) is 0 Å². The summed E-state index contributed by atoms with van der Waals surface area (Å²) in [5, 5.41) is 35.7. The highest BCUT2D eigenvalue weighted by Crippen LogP contribution is 2.30. The number of hydrogen-bond acceptors (Lipinski definition) is 9. The summed E-state index contributed by atoms with van der Waals surface area (Å²) in [5.41, 5.74) is 2.68. The molecule has 1 atom stereocenters. The first-order valence-corrected chi connectivity index (χ1v) is 13.2. The van der Waals surface area contributed by atoms with Crippen molar-refractivity contribution in [2.75, 3.05) is 11.9 Å². The van der Waals surface area contributed by atoms with Gasteiger partial charge in [-0.1, -0.05) is 18.2 Å². The van der Waals surface area contributed by atoms with Crippen LogP contribution in [0, 0.1) is 0 Å². The molecule has 5 N–H and O–H groups in total. The number of fused-ring (bicyclic) bond motifs is 2. The van der Waals surface area contributed by atoms with Gasteiger partial charge in [0.05, 0.1) is 18.3 Å². The Labute approximate surface area is 225 Å². The number of aliphatic hydroxyl groups excluding tert-OH is 1. The van der Waals surface area contributed by atoms with E-state index in [2.05, 4.69) is 20.6 Å². The van der Waals surface area contributed by atoms with E-state index in [1.54, 1.807) is 12.3 Å². The number of anilines is 2. The third kappa shape index (κ3) is 6.65. The van der Waals surface area contributed by atoms with E-state index in [9.17, 15) is 19.7 Å². The number of carboxylic acids is 1. The van der Waals surface area contributed by atoms with Gasteiger partial charge in [-0.05, 0) is 61.3 Å². The summed E-state index contributed by atoms with van der Waals surface area (Å²) < 4.78 is 11.9. The number of carboxylic acid groups (broad SMARTS) is 1. The van der Waals surface area contributed by atoms with Crippen LogP contribution in [-0.2, 0) is 14.2 Å². The molecule has 2 heterocycles.